The number of aromatic nitrogens is 2. The molecule has 3 atom stereocenters. The number of allylic oxidation sites excluding steroid dienone is 7. The molecule has 3 heterocycles. The first kappa shape index (κ1) is 69.5. The van der Waals surface area contributed by atoms with E-state index in [0.29, 0.717) is 48.7 Å². The van der Waals surface area contributed by atoms with Gasteiger partial charge in [-0.1, -0.05) is 95.6 Å². The van der Waals surface area contributed by atoms with Crippen molar-refractivity contribution in [2.45, 2.75) is 181 Å². The van der Waals surface area contributed by atoms with Gasteiger partial charge in [0.25, 0.3) is 10.1 Å². The number of H-pyrrole nitrogens is 1. The van der Waals surface area contributed by atoms with Crippen molar-refractivity contribution in [2.75, 3.05) is 30.3 Å². The van der Waals surface area contributed by atoms with Gasteiger partial charge in [-0.3, -0.25) is 23.7 Å². The monoisotopic (exact) mass is 1250 g/mol. The van der Waals surface area contributed by atoms with Crippen LogP contribution in [0.15, 0.2) is 132 Å². The number of Topliss-reactive ketones (excluding diaryl/α,β-unsaturated/α-hetero) is 2. The third-order valence-electron chi connectivity index (χ3n) is 17.7. The molecule has 7 N–H and O–H groups in total. The van der Waals surface area contributed by atoms with E-state index in [2.05, 4.69) is 131 Å². The van der Waals surface area contributed by atoms with Crippen LogP contribution in [-0.2, 0) is 57.8 Å². The fourth-order valence-corrected chi connectivity index (χ4v) is 13.0. The van der Waals surface area contributed by atoms with Gasteiger partial charge in [-0.05, 0) is 138 Å². The van der Waals surface area contributed by atoms with E-state index >= 15 is 0 Å². The van der Waals surface area contributed by atoms with E-state index in [0.717, 1.165) is 73.2 Å². The summed E-state index contributed by atoms with van der Waals surface area (Å²) < 4.78 is 42.3. The number of amides is 3. The van der Waals surface area contributed by atoms with Gasteiger partial charge < -0.3 is 40.8 Å². The minimum atomic E-state index is -4.10. The van der Waals surface area contributed by atoms with E-state index in [1.807, 2.05) is 36.4 Å². The molecule has 7 rings (SSSR count). The topological polar surface area (TPSA) is 278 Å². The molecule has 0 bridgehead atoms. The van der Waals surface area contributed by atoms with Crippen LogP contribution in [0.4, 0.5) is 16.2 Å². The summed E-state index contributed by atoms with van der Waals surface area (Å²) in [4.78, 5) is 87.0. The number of ketones is 2. The van der Waals surface area contributed by atoms with Crippen LogP contribution in [0.3, 0.4) is 0 Å². The number of hydrogen-bond acceptors (Lipinski definition) is 11. The molecule has 19 nitrogen and oxygen atoms in total. The summed E-state index contributed by atoms with van der Waals surface area (Å²) in [7, 11) is -4.10. The summed E-state index contributed by atoms with van der Waals surface area (Å²) in [5.74, 6) is -3.82. The summed E-state index contributed by atoms with van der Waals surface area (Å²) in [6.07, 6.45) is 18.2. The van der Waals surface area contributed by atoms with Crippen molar-refractivity contribution in [3.8, 4) is 5.75 Å². The highest BCUT2D eigenvalue weighted by molar-refractivity contribution is 7.85. The van der Waals surface area contributed by atoms with Crippen LogP contribution < -0.4 is 25.6 Å². The zero-order valence-corrected chi connectivity index (χ0v) is 54.3. The van der Waals surface area contributed by atoms with Gasteiger partial charge in [-0.25, -0.2) is 14.6 Å². The van der Waals surface area contributed by atoms with E-state index in [1.165, 1.54) is 29.5 Å². The maximum Gasteiger partial charge on any atom is 0.326 e. The summed E-state index contributed by atoms with van der Waals surface area (Å²) in [5, 5.41) is 27.9. The number of nitrogens with zero attached hydrogens (tertiary/aromatic N) is 3. The largest absolute Gasteiger partial charge is 0.481 e. The van der Waals surface area contributed by atoms with Crippen LogP contribution in [0.1, 0.15) is 168 Å². The predicted octanol–water partition coefficient (Wildman–Crippen LogP) is 11.6. The van der Waals surface area contributed by atoms with Crippen molar-refractivity contribution in [1.82, 2.24) is 25.9 Å². The van der Waals surface area contributed by atoms with Crippen LogP contribution in [0.25, 0.3) is 0 Å². The fraction of sp³-hybridized carbons (Fsp3) is 0.486. The predicted molar refractivity (Wildman–Crippen MR) is 349 cm³/mol. The number of unbranched alkanes of at least 4 members (excludes halogenated alkanes) is 3. The zero-order valence-electron chi connectivity index (χ0n) is 53.5. The average molecular weight is 1260 g/mol. The van der Waals surface area contributed by atoms with Gasteiger partial charge in [0.05, 0.1) is 29.5 Å². The number of fused-ring (bicyclic) bond motifs is 2. The molecule has 0 fully saturated rings. The first-order valence-electron chi connectivity index (χ1n) is 31.7. The van der Waals surface area contributed by atoms with Gasteiger partial charge in [-0.2, -0.15) is 13.0 Å². The first-order chi connectivity index (χ1) is 42.7. The smallest absolute Gasteiger partial charge is 0.326 e. The number of aliphatic carboxylic acids is 2. The second-order valence-electron chi connectivity index (χ2n) is 25.6. The fourth-order valence-electron chi connectivity index (χ4n) is 12.5. The van der Waals surface area contributed by atoms with Crippen molar-refractivity contribution in [2.24, 2.45) is 11.3 Å². The van der Waals surface area contributed by atoms with Crippen molar-refractivity contribution in [1.29, 1.82) is 0 Å². The highest BCUT2D eigenvalue weighted by Crippen LogP contribution is 2.48. The SMILES string of the molecule is CCCCC[N+]1=C(/C=C/C2=C(Oc3ccc(C[C@H](CC(=O)[C@H](Cc4cnc[nH]4)NC(=O)CCCC(C)(C)C(=O)CC[C@H](NC(=O)NCC)C(=O)O)C(=O)O)cc3)C(=C/C=C3/N(CCCCS(=O)(=O)O)c4ccccc4C3(C)C)/CCC2)C(C)(C)c2ccccc21. The minimum Gasteiger partial charge on any atom is -0.481 e. The van der Waals surface area contributed by atoms with E-state index in [1.54, 1.807) is 20.8 Å². The number of carbonyl (C=O) groups is 6. The number of nitrogens with one attached hydrogen (secondary N) is 4. The second kappa shape index (κ2) is 31.2. The summed E-state index contributed by atoms with van der Waals surface area (Å²) >= 11 is 0. The minimum absolute atomic E-state index is 0.00976. The van der Waals surface area contributed by atoms with Crippen molar-refractivity contribution < 1.29 is 61.3 Å². The summed E-state index contributed by atoms with van der Waals surface area (Å²) in [6.45, 7) is 18.0. The van der Waals surface area contributed by atoms with Crippen molar-refractivity contribution >= 4 is 62.6 Å². The molecule has 90 heavy (non-hydrogen) atoms. The van der Waals surface area contributed by atoms with Gasteiger partial charge >= 0.3 is 18.0 Å². The maximum absolute atomic E-state index is 14.2. The molecule has 3 amide bonds. The molecule has 2 aliphatic heterocycles. The van der Waals surface area contributed by atoms with Gasteiger partial charge in [0.2, 0.25) is 11.6 Å². The number of carboxylic acids is 2. The number of hydrogen-bond donors (Lipinski definition) is 7. The molecular weight excluding hydrogens is 1160 g/mol. The Bertz CT molecular complexity index is 3500. The molecular formula is C70H92N7O12S+. The number of urea groups is 1. The Morgan fingerprint density at radius 3 is 2.21 bits per heavy atom. The molecule has 20 heteroatoms. The van der Waals surface area contributed by atoms with Crippen molar-refractivity contribution in [3.05, 3.63) is 155 Å². The van der Waals surface area contributed by atoms with Gasteiger partial charge in [0.15, 0.2) is 11.5 Å². The van der Waals surface area contributed by atoms with Gasteiger partial charge in [0, 0.05) is 97.0 Å². The molecule has 1 aromatic heterocycles. The molecule has 484 valence electrons. The molecule has 0 spiro atoms. The lowest BCUT2D eigenvalue weighted by atomic mass is 9.80. The number of benzene rings is 3. The molecule has 3 aromatic carbocycles. The van der Waals surface area contributed by atoms with Crippen molar-refractivity contribution in [3.63, 3.8) is 0 Å². The van der Waals surface area contributed by atoms with E-state index < -0.39 is 68.6 Å². The van der Waals surface area contributed by atoms with Crippen LogP contribution in [0.2, 0.25) is 0 Å². The Labute approximate surface area is 530 Å². The lowest BCUT2D eigenvalue weighted by Gasteiger charge is -2.27. The molecule has 4 aromatic rings. The molecule has 0 unspecified atom stereocenters. The van der Waals surface area contributed by atoms with Crippen LogP contribution in [-0.4, -0.2) is 116 Å². The Morgan fingerprint density at radius 1 is 0.811 bits per heavy atom. The molecule has 0 radical (unpaired) electrons. The number of para-hydroxylation sites is 2. The number of ether oxygens (including phenoxy) is 1. The molecule has 1 aliphatic carbocycles. The summed E-state index contributed by atoms with van der Waals surface area (Å²) in [6, 6.07) is 21.1. The number of carboxylic acid groups (broad SMARTS) is 2. The Hall–Kier alpha value is -7.97. The number of anilines is 1. The Balaban J connectivity index is 1.11. The maximum atomic E-state index is 14.2. The quantitative estimate of drug-likeness (QED) is 0.0130. The lowest BCUT2D eigenvalue weighted by molar-refractivity contribution is -0.438. The molecule has 0 saturated heterocycles. The zero-order chi connectivity index (χ0) is 65.4. The number of carbonyl (C=O) groups excluding carboxylic acids is 4. The molecule has 3 aliphatic rings. The third-order valence-corrected chi connectivity index (χ3v) is 18.5. The van der Waals surface area contributed by atoms with E-state index in [9.17, 15) is 52.0 Å². The van der Waals surface area contributed by atoms with Gasteiger partial charge in [-0.15, -0.1) is 0 Å². The van der Waals surface area contributed by atoms with Crippen LogP contribution in [0.5, 0.6) is 5.75 Å². The third kappa shape index (κ3) is 18.4. The highest BCUT2D eigenvalue weighted by atomic mass is 32.2. The van der Waals surface area contributed by atoms with Gasteiger partial charge in [0.1, 0.15) is 29.9 Å². The Morgan fingerprint density at radius 2 is 1.53 bits per heavy atom. The van der Waals surface area contributed by atoms with Crippen LogP contribution in [0, 0.1) is 11.3 Å². The highest BCUT2D eigenvalue weighted by Gasteiger charge is 2.44. The normalized spacial score (nSPS) is 17.3. The number of aromatic amines is 1. The van der Waals surface area contributed by atoms with E-state index in [-0.39, 0.29) is 68.3 Å². The lowest BCUT2D eigenvalue weighted by Crippen LogP contribution is -2.46. The summed E-state index contributed by atoms with van der Waals surface area (Å²) in [5.41, 5.74) is 8.57. The standard InChI is InChI=1S/C70H91N7O12S/c1-9-11-16-39-76-57-25-14-12-23-53(57)69(5,6)60(76)35-30-48-21-19-22-49(31-36-61-70(7,8)54-24-13-15-26-58(54)77(61)40-17-18-41-90(86,87)88)64(48)89-52-32-28-47(29-33-52)42-50(65(81)82)43-59(78)56(44-51-45-71-46-73-51)74-63(80)27-20-38-68(3,4)62(79)37-34-55(66(83)84)75-67(85)72-10-2/h12-15,23-26,28-33,35-36,45-46,50,55-56H,9-11,16-22,27,34,37-44H2,1-8H3,(H6-,71,72,73,74,75,80,81,82,83,84,85,86,87,88)/p+1/t50-,55+,56+/m1/s1. The number of imidazole rings is 1. The Kier molecular flexibility index (Phi) is 24.1. The molecule has 0 saturated carbocycles. The number of rotatable bonds is 34. The second-order valence-corrected chi connectivity index (χ2v) is 27.2. The average Bonchev–Trinajstić information content (AvgIpc) is 1.62. The van der Waals surface area contributed by atoms with E-state index in [4.69, 9.17) is 4.74 Å². The first-order valence-corrected chi connectivity index (χ1v) is 33.3. The van der Waals surface area contributed by atoms with Crippen LogP contribution >= 0.6 is 0 Å².